The Labute approximate surface area is 114 Å². The van der Waals surface area contributed by atoms with Gasteiger partial charge in [0.1, 0.15) is 6.26 Å². The highest BCUT2D eigenvalue weighted by Crippen LogP contribution is 2.10. The van der Waals surface area contributed by atoms with E-state index in [2.05, 4.69) is 26.2 Å². The molecule has 1 N–H and O–H groups in total. The van der Waals surface area contributed by atoms with Gasteiger partial charge in [-0.15, -0.1) is 0 Å². The molecule has 0 radical (unpaired) electrons. The summed E-state index contributed by atoms with van der Waals surface area (Å²) in [7, 11) is 0. The third-order valence-corrected chi connectivity index (χ3v) is 2.99. The van der Waals surface area contributed by atoms with Crippen LogP contribution in [0.5, 0.6) is 0 Å². The number of aromatic nitrogens is 1. The molecule has 0 saturated carbocycles. The van der Waals surface area contributed by atoms with Crippen molar-refractivity contribution in [2.24, 2.45) is 0 Å². The summed E-state index contributed by atoms with van der Waals surface area (Å²) < 4.78 is 5.86. The number of oxazole rings is 1. The second-order valence-electron chi connectivity index (χ2n) is 3.88. The maximum absolute atomic E-state index is 11.7. The summed E-state index contributed by atoms with van der Waals surface area (Å²) in [5.41, 5.74) is 1.84. The maximum atomic E-state index is 11.7. The van der Waals surface area contributed by atoms with E-state index in [9.17, 15) is 4.79 Å². The van der Waals surface area contributed by atoms with Crippen molar-refractivity contribution >= 4 is 21.8 Å². The molecule has 0 saturated heterocycles. The van der Waals surface area contributed by atoms with Crippen LogP contribution >= 0.6 is 15.9 Å². The molecule has 0 bridgehead atoms. The first-order valence-corrected chi connectivity index (χ1v) is 6.41. The smallest absolute Gasteiger partial charge is 0.224 e. The minimum atomic E-state index is 0.0146. The Hall–Kier alpha value is -1.62. The number of carbonyl (C=O) groups is 1. The standard InChI is InChI=1S/C13H13BrN2O2/c14-11-3-1-10(2-4-11)7-13(17)15-6-5-12-8-18-9-16-12/h1-4,8-9H,5-7H2,(H,15,17). The molecule has 0 aliphatic rings. The first-order valence-electron chi connectivity index (χ1n) is 5.62. The van der Waals surface area contributed by atoms with E-state index < -0.39 is 0 Å². The average Bonchev–Trinajstić information content (AvgIpc) is 2.85. The lowest BCUT2D eigenvalue weighted by molar-refractivity contribution is -0.120. The minimum absolute atomic E-state index is 0.0146. The zero-order chi connectivity index (χ0) is 12.8. The number of amides is 1. The van der Waals surface area contributed by atoms with Gasteiger partial charge in [-0.05, 0) is 17.7 Å². The number of carbonyl (C=O) groups excluding carboxylic acids is 1. The van der Waals surface area contributed by atoms with E-state index in [4.69, 9.17) is 4.42 Å². The first-order chi connectivity index (χ1) is 8.74. The maximum Gasteiger partial charge on any atom is 0.224 e. The largest absolute Gasteiger partial charge is 0.451 e. The molecule has 0 spiro atoms. The van der Waals surface area contributed by atoms with E-state index in [1.165, 1.54) is 6.39 Å². The van der Waals surface area contributed by atoms with Crippen molar-refractivity contribution in [3.63, 3.8) is 0 Å². The van der Waals surface area contributed by atoms with Crippen LogP contribution < -0.4 is 5.32 Å². The Kier molecular flexibility index (Phi) is 4.52. The van der Waals surface area contributed by atoms with Crippen LogP contribution in [0.25, 0.3) is 0 Å². The third-order valence-electron chi connectivity index (χ3n) is 2.46. The second kappa shape index (κ2) is 6.35. The molecule has 2 aromatic rings. The number of rotatable bonds is 5. The van der Waals surface area contributed by atoms with Gasteiger partial charge in [0.25, 0.3) is 0 Å². The molecule has 0 aliphatic heterocycles. The van der Waals surface area contributed by atoms with Crippen LogP contribution in [0.2, 0.25) is 0 Å². The topological polar surface area (TPSA) is 55.1 Å². The van der Waals surface area contributed by atoms with E-state index in [0.29, 0.717) is 19.4 Å². The fourth-order valence-corrected chi connectivity index (χ4v) is 1.81. The minimum Gasteiger partial charge on any atom is -0.451 e. The summed E-state index contributed by atoms with van der Waals surface area (Å²) in [6.45, 7) is 0.571. The highest BCUT2D eigenvalue weighted by atomic mass is 79.9. The van der Waals surface area contributed by atoms with E-state index in [1.807, 2.05) is 24.3 Å². The highest BCUT2D eigenvalue weighted by Gasteiger charge is 2.03. The lowest BCUT2D eigenvalue weighted by atomic mass is 10.1. The van der Waals surface area contributed by atoms with Gasteiger partial charge in [-0.1, -0.05) is 28.1 Å². The number of hydrogen-bond donors (Lipinski definition) is 1. The summed E-state index contributed by atoms with van der Waals surface area (Å²) >= 11 is 3.36. The number of hydrogen-bond acceptors (Lipinski definition) is 3. The zero-order valence-corrected chi connectivity index (χ0v) is 11.3. The predicted octanol–water partition coefficient (Wildman–Crippen LogP) is 2.34. The van der Waals surface area contributed by atoms with Crippen molar-refractivity contribution < 1.29 is 9.21 Å². The van der Waals surface area contributed by atoms with Gasteiger partial charge in [0.05, 0.1) is 12.1 Å². The van der Waals surface area contributed by atoms with Gasteiger partial charge in [0.2, 0.25) is 5.91 Å². The monoisotopic (exact) mass is 308 g/mol. The number of halogens is 1. The van der Waals surface area contributed by atoms with Gasteiger partial charge in [-0.3, -0.25) is 4.79 Å². The molecule has 0 atom stereocenters. The van der Waals surface area contributed by atoms with Crippen LogP contribution in [0.15, 0.2) is 45.8 Å². The fourth-order valence-electron chi connectivity index (χ4n) is 1.54. The third kappa shape index (κ3) is 4.00. The van der Waals surface area contributed by atoms with Crippen LogP contribution in [-0.2, 0) is 17.6 Å². The van der Waals surface area contributed by atoms with Crippen molar-refractivity contribution in [1.82, 2.24) is 10.3 Å². The molecule has 5 heteroatoms. The van der Waals surface area contributed by atoms with Crippen molar-refractivity contribution in [2.45, 2.75) is 12.8 Å². The summed E-state index contributed by atoms with van der Waals surface area (Å²) in [6, 6.07) is 7.72. The molecule has 1 aromatic heterocycles. The van der Waals surface area contributed by atoms with Gasteiger partial charge >= 0.3 is 0 Å². The Morgan fingerprint density at radius 1 is 1.33 bits per heavy atom. The Morgan fingerprint density at radius 2 is 2.11 bits per heavy atom. The van der Waals surface area contributed by atoms with Gasteiger partial charge in [0, 0.05) is 17.4 Å². The van der Waals surface area contributed by atoms with Crippen LogP contribution in [0.1, 0.15) is 11.3 Å². The SMILES string of the molecule is O=C(Cc1ccc(Br)cc1)NCCc1cocn1. The van der Waals surface area contributed by atoms with Gasteiger partial charge in [-0.2, -0.15) is 0 Å². The molecular formula is C13H13BrN2O2. The Bertz CT molecular complexity index is 494. The summed E-state index contributed by atoms with van der Waals surface area (Å²) in [4.78, 5) is 15.6. The van der Waals surface area contributed by atoms with Crippen LogP contribution in [0.3, 0.4) is 0 Å². The molecule has 18 heavy (non-hydrogen) atoms. The van der Waals surface area contributed by atoms with Gasteiger partial charge in [-0.25, -0.2) is 4.98 Å². The molecule has 0 aliphatic carbocycles. The van der Waals surface area contributed by atoms with Crippen molar-refractivity contribution in [2.75, 3.05) is 6.54 Å². The van der Waals surface area contributed by atoms with Crippen LogP contribution in [0.4, 0.5) is 0 Å². The molecule has 1 amide bonds. The fraction of sp³-hybridized carbons (Fsp3) is 0.231. The van der Waals surface area contributed by atoms with Crippen molar-refractivity contribution in [3.8, 4) is 0 Å². The molecule has 4 nitrogen and oxygen atoms in total. The Morgan fingerprint density at radius 3 is 2.78 bits per heavy atom. The van der Waals surface area contributed by atoms with Gasteiger partial charge in [0.15, 0.2) is 6.39 Å². The summed E-state index contributed by atoms with van der Waals surface area (Å²) in [5, 5.41) is 2.85. The molecule has 0 fully saturated rings. The van der Waals surface area contributed by atoms with E-state index in [-0.39, 0.29) is 5.91 Å². The number of nitrogens with one attached hydrogen (secondary N) is 1. The number of benzene rings is 1. The second-order valence-corrected chi connectivity index (χ2v) is 4.80. The van der Waals surface area contributed by atoms with Crippen LogP contribution in [-0.4, -0.2) is 17.4 Å². The lowest BCUT2D eigenvalue weighted by Gasteiger charge is -2.04. The van der Waals surface area contributed by atoms with E-state index >= 15 is 0 Å². The zero-order valence-electron chi connectivity index (χ0n) is 9.73. The van der Waals surface area contributed by atoms with Crippen molar-refractivity contribution in [3.05, 3.63) is 52.7 Å². The first kappa shape index (κ1) is 12.8. The predicted molar refractivity (Wildman–Crippen MR) is 71.1 cm³/mol. The Balaban J connectivity index is 1.73. The molecule has 1 aromatic carbocycles. The molecular weight excluding hydrogens is 296 g/mol. The molecule has 94 valence electrons. The van der Waals surface area contributed by atoms with Crippen molar-refractivity contribution in [1.29, 1.82) is 0 Å². The number of nitrogens with zero attached hydrogens (tertiary/aromatic N) is 1. The van der Waals surface area contributed by atoms with E-state index in [0.717, 1.165) is 15.7 Å². The molecule has 2 rings (SSSR count). The van der Waals surface area contributed by atoms with Gasteiger partial charge < -0.3 is 9.73 Å². The molecule has 1 heterocycles. The summed E-state index contributed by atoms with van der Waals surface area (Å²) in [5.74, 6) is 0.0146. The quantitative estimate of drug-likeness (QED) is 0.922. The lowest BCUT2D eigenvalue weighted by Crippen LogP contribution is -2.27. The molecule has 0 unspecified atom stereocenters. The van der Waals surface area contributed by atoms with Crippen LogP contribution in [0, 0.1) is 0 Å². The highest BCUT2D eigenvalue weighted by molar-refractivity contribution is 9.10. The van der Waals surface area contributed by atoms with E-state index in [1.54, 1.807) is 6.26 Å². The average molecular weight is 309 g/mol. The summed E-state index contributed by atoms with van der Waals surface area (Å²) in [6.07, 6.45) is 4.05. The normalized spacial score (nSPS) is 10.3.